The maximum Gasteiger partial charge on any atom is 0.184 e. The molecule has 2 aromatic carbocycles. The lowest BCUT2D eigenvalue weighted by Crippen LogP contribution is -2.30. The largest absolute Gasteiger partial charge is 0.493 e. The molecule has 1 heterocycles. The van der Waals surface area contributed by atoms with E-state index in [1.165, 1.54) is 86.6 Å². The quantitative estimate of drug-likeness (QED) is 0.145. The van der Waals surface area contributed by atoms with E-state index < -0.39 is 0 Å². The summed E-state index contributed by atoms with van der Waals surface area (Å²) in [5, 5.41) is 1.22. The Bertz CT molecular complexity index is 1020. The van der Waals surface area contributed by atoms with Crippen molar-refractivity contribution in [3.05, 3.63) is 57.1 Å². The number of nitrogens with zero attached hydrogens (tertiary/aromatic N) is 1. The predicted octanol–water partition coefficient (Wildman–Crippen LogP) is 9.66. The van der Waals surface area contributed by atoms with Gasteiger partial charge in [0.15, 0.2) is 23.8 Å². The normalized spacial score (nSPS) is 13.1. The number of halogens is 2. The molecule has 0 spiro atoms. The summed E-state index contributed by atoms with van der Waals surface area (Å²) in [6.45, 7) is 7.07. The lowest BCUT2D eigenvalue weighted by Gasteiger charge is -2.23. The third-order valence-corrected chi connectivity index (χ3v) is 8.13. The molecule has 37 heavy (non-hydrogen) atoms. The van der Waals surface area contributed by atoms with Crippen LogP contribution in [0.15, 0.2) is 30.3 Å². The van der Waals surface area contributed by atoms with Crippen LogP contribution in [-0.2, 0) is 13.0 Å². The molecule has 0 aromatic heterocycles. The predicted molar refractivity (Wildman–Crippen MR) is 158 cm³/mol. The van der Waals surface area contributed by atoms with Crippen molar-refractivity contribution in [2.75, 3.05) is 20.3 Å². The van der Waals surface area contributed by atoms with E-state index in [2.05, 4.69) is 36.6 Å². The molecule has 1 aliphatic rings. The third kappa shape index (κ3) is 8.93. The van der Waals surface area contributed by atoms with Crippen LogP contribution in [0.4, 0.5) is 0 Å². The van der Waals surface area contributed by atoms with Gasteiger partial charge in [-0.3, -0.25) is 0 Å². The molecule has 2 aromatic rings. The summed E-state index contributed by atoms with van der Waals surface area (Å²) < 4.78 is 14.7. The summed E-state index contributed by atoms with van der Waals surface area (Å²) in [6.07, 6.45) is 15.9. The molecule has 3 rings (SSSR count). The number of hydrogen-bond donors (Lipinski definition) is 0. The average Bonchev–Trinajstić information content (AvgIpc) is 2.90. The van der Waals surface area contributed by atoms with Gasteiger partial charge >= 0.3 is 0 Å². The summed E-state index contributed by atoms with van der Waals surface area (Å²) in [5.74, 6) is 1.80. The zero-order valence-corrected chi connectivity index (χ0v) is 24.7. The van der Waals surface area contributed by atoms with Gasteiger partial charge in [-0.2, -0.15) is 0 Å². The van der Waals surface area contributed by atoms with E-state index in [0.29, 0.717) is 10.0 Å². The van der Waals surface area contributed by atoms with E-state index in [1.54, 1.807) is 7.11 Å². The van der Waals surface area contributed by atoms with Crippen molar-refractivity contribution in [3.8, 4) is 11.5 Å². The Morgan fingerprint density at radius 1 is 0.811 bits per heavy atom. The summed E-state index contributed by atoms with van der Waals surface area (Å²) in [6, 6.07) is 10.3. The monoisotopic (exact) mass is 546 g/mol. The highest BCUT2D eigenvalue weighted by molar-refractivity contribution is 6.42. The standard InChI is InChI=1S/C32H46Cl2NO2/c1-4-6-8-10-12-14-22-37-32-27-20-21-35(24-25-16-18-28(33)29(34)23-25)30(15-13-11-9-7-5-2)26(27)17-19-31(32)36-3/h16-19,23H,4-15,20-22,24H2,1-3H3/q+1. The molecule has 0 unspecified atom stereocenters. The van der Waals surface area contributed by atoms with Gasteiger partial charge in [-0.25, -0.2) is 4.58 Å². The maximum absolute atomic E-state index is 6.43. The zero-order chi connectivity index (χ0) is 26.5. The van der Waals surface area contributed by atoms with Crippen molar-refractivity contribution in [2.45, 2.75) is 104 Å². The van der Waals surface area contributed by atoms with Crippen molar-refractivity contribution < 1.29 is 14.0 Å². The van der Waals surface area contributed by atoms with Gasteiger partial charge in [-0.1, -0.05) is 101 Å². The number of methoxy groups -OCH3 is 1. The number of unbranched alkanes of at least 4 members (excludes halogenated alkanes) is 9. The van der Waals surface area contributed by atoms with Crippen molar-refractivity contribution >= 4 is 28.9 Å². The molecule has 0 saturated heterocycles. The number of rotatable bonds is 17. The summed E-state index contributed by atoms with van der Waals surface area (Å²) >= 11 is 12.5. The summed E-state index contributed by atoms with van der Waals surface area (Å²) in [7, 11) is 1.75. The molecule has 3 nitrogen and oxygen atoms in total. The van der Waals surface area contributed by atoms with E-state index in [1.807, 2.05) is 12.1 Å². The van der Waals surface area contributed by atoms with Crippen molar-refractivity contribution in [1.82, 2.24) is 0 Å². The SMILES string of the molecule is CCCCCCCCOc1c(OC)ccc2c1CC[N+](Cc1ccc(Cl)c(Cl)c1)=C2CCCCCCC. The molecule has 5 heteroatoms. The van der Waals surface area contributed by atoms with Crippen LogP contribution in [0.5, 0.6) is 11.5 Å². The Hall–Kier alpha value is -1.71. The van der Waals surface area contributed by atoms with E-state index in [4.69, 9.17) is 32.7 Å². The minimum absolute atomic E-state index is 0.605. The first kappa shape index (κ1) is 29.8. The molecule has 0 bridgehead atoms. The summed E-state index contributed by atoms with van der Waals surface area (Å²) in [4.78, 5) is 0. The molecule has 0 fully saturated rings. The van der Waals surface area contributed by atoms with Crippen molar-refractivity contribution in [2.24, 2.45) is 0 Å². The van der Waals surface area contributed by atoms with Crippen LogP contribution in [0.25, 0.3) is 0 Å². The minimum Gasteiger partial charge on any atom is -0.493 e. The summed E-state index contributed by atoms with van der Waals surface area (Å²) in [5.41, 5.74) is 5.23. The number of ether oxygens (including phenoxy) is 2. The Balaban J connectivity index is 1.83. The molecule has 0 atom stereocenters. The van der Waals surface area contributed by atoms with Crippen LogP contribution in [0.3, 0.4) is 0 Å². The second kappa shape index (κ2) is 16.3. The Morgan fingerprint density at radius 2 is 1.51 bits per heavy atom. The molecule has 0 saturated carbocycles. The lowest BCUT2D eigenvalue weighted by atomic mass is 9.92. The molecule has 0 aliphatic carbocycles. The number of hydrogen-bond acceptors (Lipinski definition) is 2. The Labute approximate surface area is 235 Å². The Morgan fingerprint density at radius 3 is 2.22 bits per heavy atom. The lowest BCUT2D eigenvalue weighted by molar-refractivity contribution is -0.545. The van der Waals surface area contributed by atoms with Crippen LogP contribution >= 0.6 is 23.2 Å². The highest BCUT2D eigenvalue weighted by atomic mass is 35.5. The first-order valence-corrected chi connectivity index (χ1v) is 15.2. The molecule has 0 N–H and O–H groups in total. The van der Waals surface area contributed by atoms with E-state index in [-0.39, 0.29) is 0 Å². The molecule has 0 radical (unpaired) electrons. The highest BCUT2D eigenvalue weighted by Crippen LogP contribution is 2.37. The second-order valence-electron chi connectivity index (χ2n) is 10.3. The number of fused-ring (bicyclic) bond motifs is 1. The topological polar surface area (TPSA) is 21.5 Å². The van der Waals surface area contributed by atoms with E-state index in [0.717, 1.165) is 50.5 Å². The van der Waals surface area contributed by atoms with Gasteiger partial charge in [0.1, 0.15) is 6.54 Å². The van der Waals surface area contributed by atoms with Gasteiger partial charge in [0.2, 0.25) is 0 Å². The Kier molecular flexibility index (Phi) is 13.1. The molecule has 1 aliphatic heterocycles. The minimum atomic E-state index is 0.605. The van der Waals surface area contributed by atoms with E-state index in [9.17, 15) is 0 Å². The molecular formula is C32H46Cl2NO2+. The number of benzene rings is 2. The molecule has 204 valence electrons. The zero-order valence-electron chi connectivity index (χ0n) is 23.2. The van der Waals surface area contributed by atoms with E-state index >= 15 is 0 Å². The van der Waals surface area contributed by atoms with Gasteiger partial charge in [0.25, 0.3) is 0 Å². The van der Waals surface area contributed by atoms with Gasteiger partial charge in [0, 0.05) is 29.5 Å². The first-order valence-electron chi connectivity index (χ1n) is 14.5. The second-order valence-corrected chi connectivity index (χ2v) is 11.1. The van der Waals surface area contributed by atoms with Gasteiger partial charge in [0.05, 0.1) is 23.8 Å². The van der Waals surface area contributed by atoms with Crippen LogP contribution in [0, 0.1) is 0 Å². The fraction of sp³-hybridized carbons (Fsp3) is 0.594. The first-order chi connectivity index (χ1) is 18.1. The van der Waals surface area contributed by atoms with Crippen LogP contribution in [0.2, 0.25) is 10.0 Å². The van der Waals surface area contributed by atoms with Crippen molar-refractivity contribution in [1.29, 1.82) is 0 Å². The fourth-order valence-electron chi connectivity index (χ4n) is 5.27. The molecular weight excluding hydrogens is 501 g/mol. The van der Waals surface area contributed by atoms with Crippen molar-refractivity contribution in [3.63, 3.8) is 0 Å². The van der Waals surface area contributed by atoms with Gasteiger partial charge < -0.3 is 9.47 Å². The van der Waals surface area contributed by atoms with Crippen LogP contribution in [0.1, 0.15) is 108 Å². The highest BCUT2D eigenvalue weighted by Gasteiger charge is 2.29. The fourth-order valence-corrected chi connectivity index (χ4v) is 5.59. The van der Waals surface area contributed by atoms with Crippen LogP contribution < -0.4 is 9.47 Å². The van der Waals surface area contributed by atoms with Gasteiger partial charge in [-0.05, 0) is 37.1 Å². The molecule has 0 amide bonds. The third-order valence-electron chi connectivity index (χ3n) is 7.39. The van der Waals surface area contributed by atoms with Gasteiger partial charge in [-0.15, -0.1) is 0 Å². The van der Waals surface area contributed by atoms with Crippen LogP contribution in [-0.4, -0.2) is 30.5 Å². The average molecular weight is 548 g/mol. The smallest absolute Gasteiger partial charge is 0.184 e. The maximum atomic E-state index is 6.43.